The van der Waals surface area contributed by atoms with E-state index >= 15 is 0 Å². The normalized spacial score (nSPS) is 11.8. The Morgan fingerprint density at radius 1 is 1.09 bits per heavy atom. The maximum atomic E-state index is 12.9. The van der Waals surface area contributed by atoms with E-state index < -0.39 is 12.0 Å². The Labute approximate surface area is 123 Å². The molecule has 0 fully saturated rings. The Morgan fingerprint density at radius 2 is 1.73 bits per heavy atom. The van der Waals surface area contributed by atoms with E-state index in [1.54, 1.807) is 24.3 Å². The average molecular weight is 305 g/mol. The molecule has 0 saturated heterocycles. The number of para-hydroxylation sites is 1. The highest BCUT2D eigenvalue weighted by Gasteiger charge is 2.42. The van der Waals surface area contributed by atoms with Crippen molar-refractivity contribution in [3.8, 4) is 5.95 Å². The van der Waals surface area contributed by atoms with Crippen LogP contribution in [0.1, 0.15) is 16.1 Å². The lowest BCUT2D eigenvalue weighted by Gasteiger charge is -2.07. The molecule has 0 amide bonds. The zero-order chi connectivity index (χ0) is 15.9. The van der Waals surface area contributed by atoms with Crippen LogP contribution in [-0.4, -0.2) is 26.5 Å². The smallest absolute Gasteiger partial charge is 0.284 e. The molecule has 3 aromatic rings. The van der Waals surface area contributed by atoms with E-state index in [9.17, 15) is 18.0 Å². The Balaban J connectivity index is 2.37. The monoisotopic (exact) mass is 305 g/mol. The van der Waals surface area contributed by atoms with Crippen molar-refractivity contribution in [2.75, 3.05) is 0 Å². The Kier molecular flexibility index (Phi) is 3.20. The van der Waals surface area contributed by atoms with E-state index in [0.29, 0.717) is 5.52 Å². The fourth-order valence-corrected chi connectivity index (χ4v) is 2.46. The molecule has 0 radical (unpaired) electrons. The van der Waals surface area contributed by atoms with Crippen LogP contribution < -0.4 is 0 Å². The number of alkyl halides is 3. The van der Waals surface area contributed by atoms with Crippen molar-refractivity contribution in [2.24, 2.45) is 0 Å². The molecule has 0 spiro atoms. The first-order valence-corrected chi connectivity index (χ1v) is 6.40. The third-order valence-corrected chi connectivity index (χ3v) is 3.35. The summed E-state index contributed by atoms with van der Waals surface area (Å²) in [4.78, 5) is 19.9. The van der Waals surface area contributed by atoms with Gasteiger partial charge in [0.15, 0.2) is 0 Å². The molecule has 4 nitrogen and oxygen atoms in total. The van der Waals surface area contributed by atoms with Crippen LogP contribution in [-0.2, 0) is 0 Å². The second kappa shape index (κ2) is 4.94. The van der Waals surface area contributed by atoms with Gasteiger partial charge in [-0.1, -0.05) is 18.2 Å². The summed E-state index contributed by atoms with van der Waals surface area (Å²) in [6, 6.07) is 7.99. The predicted octanol–water partition coefficient (Wildman–Crippen LogP) is 3.47. The van der Waals surface area contributed by atoms with E-state index in [-0.39, 0.29) is 22.6 Å². The molecule has 2 aromatic heterocycles. The molecule has 22 heavy (non-hydrogen) atoms. The molecule has 3 rings (SSSR count). The van der Waals surface area contributed by atoms with Crippen LogP contribution in [0.4, 0.5) is 13.2 Å². The van der Waals surface area contributed by atoms with Crippen LogP contribution in [0, 0.1) is 6.92 Å². The van der Waals surface area contributed by atoms with Gasteiger partial charge in [0, 0.05) is 23.5 Å². The second-order valence-corrected chi connectivity index (χ2v) is 4.69. The van der Waals surface area contributed by atoms with Crippen molar-refractivity contribution in [1.82, 2.24) is 14.5 Å². The van der Waals surface area contributed by atoms with Gasteiger partial charge in [0.2, 0.25) is 5.95 Å². The van der Waals surface area contributed by atoms with E-state index in [4.69, 9.17) is 0 Å². The number of hydrogen-bond acceptors (Lipinski definition) is 3. The molecule has 1 aromatic carbocycles. The molecule has 2 heterocycles. The molecule has 0 aliphatic carbocycles. The lowest BCUT2D eigenvalue weighted by Crippen LogP contribution is -2.23. The van der Waals surface area contributed by atoms with Gasteiger partial charge in [-0.25, -0.2) is 9.97 Å². The van der Waals surface area contributed by atoms with Crippen molar-refractivity contribution in [3.63, 3.8) is 0 Å². The van der Waals surface area contributed by atoms with Crippen LogP contribution in [0.25, 0.3) is 16.9 Å². The predicted molar refractivity (Wildman–Crippen MR) is 74.0 cm³/mol. The third kappa shape index (κ3) is 2.14. The molecule has 112 valence electrons. The zero-order valence-corrected chi connectivity index (χ0v) is 11.4. The van der Waals surface area contributed by atoms with Crippen molar-refractivity contribution < 1.29 is 18.0 Å². The highest BCUT2D eigenvalue weighted by Crippen LogP contribution is 2.32. The summed E-state index contributed by atoms with van der Waals surface area (Å²) in [6.07, 6.45) is -1.96. The van der Waals surface area contributed by atoms with Crippen molar-refractivity contribution in [3.05, 3.63) is 54.0 Å². The van der Waals surface area contributed by atoms with Crippen LogP contribution in [0.5, 0.6) is 0 Å². The summed E-state index contributed by atoms with van der Waals surface area (Å²) in [7, 11) is 0. The second-order valence-electron chi connectivity index (χ2n) is 4.69. The van der Waals surface area contributed by atoms with Gasteiger partial charge < -0.3 is 0 Å². The van der Waals surface area contributed by atoms with Crippen molar-refractivity contribution >= 4 is 16.7 Å². The van der Waals surface area contributed by atoms with Gasteiger partial charge in [0.1, 0.15) is 0 Å². The van der Waals surface area contributed by atoms with Gasteiger partial charge >= 0.3 is 6.18 Å². The van der Waals surface area contributed by atoms with E-state index in [2.05, 4.69) is 9.97 Å². The number of nitrogens with zero attached hydrogens (tertiary/aromatic N) is 3. The lowest BCUT2D eigenvalue weighted by atomic mass is 10.1. The fourth-order valence-electron chi connectivity index (χ4n) is 2.46. The average Bonchev–Trinajstić information content (AvgIpc) is 2.78. The first kappa shape index (κ1) is 14.2. The molecule has 7 heteroatoms. The minimum Gasteiger partial charge on any atom is -0.284 e. The van der Waals surface area contributed by atoms with Gasteiger partial charge in [-0.15, -0.1) is 0 Å². The Morgan fingerprint density at radius 3 is 2.36 bits per heavy atom. The van der Waals surface area contributed by atoms with Crippen LogP contribution in [0.2, 0.25) is 0 Å². The van der Waals surface area contributed by atoms with Gasteiger partial charge in [0.25, 0.3) is 5.78 Å². The lowest BCUT2D eigenvalue weighted by molar-refractivity contribution is -0.0884. The van der Waals surface area contributed by atoms with Crippen LogP contribution >= 0.6 is 0 Å². The largest absolute Gasteiger partial charge is 0.454 e. The standard InChI is InChI=1S/C15H10F3N3O/c1-9-12(13(22)15(16,17)18)10-5-2-3-6-11(10)21(9)14-19-7-4-8-20-14/h2-8H,1H3. The Bertz CT molecular complexity index is 854. The summed E-state index contributed by atoms with van der Waals surface area (Å²) in [5, 5.41) is 0.231. The third-order valence-electron chi connectivity index (χ3n) is 3.35. The van der Waals surface area contributed by atoms with Crippen molar-refractivity contribution in [2.45, 2.75) is 13.1 Å². The molecule has 0 aliphatic heterocycles. The maximum Gasteiger partial charge on any atom is 0.454 e. The van der Waals surface area contributed by atoms with Gasteiger partial charge in [-0.3, -0.25) is 9.36 Å². The van der Waals surface area contributed by atoms with Gasteiger partial charge in [0.05, 0.1) is 11.1 Å². The number of rotatable bonds is 2. The Hall–Kier alpha value is -2.70. The summed E-state index contributed by atoms with van der Waals surface area (Å²) in [5.41, 5.74) is 0.254. The first-order valence-electron chi connectivity index (χ1n) is 6.40. The van der Waals surface area contributed by atoms with Gasteiger partial charge in [-0.2, -0.15) is 13.2 Å². The van der Waals surface area contributed by atoms with E-state index in [0.717, 1.165) is 0 Å². The summed E-state index contributed by atoms with van der Waals surface area (Å²) < 4.78 is 40.0. The quantitative estimate of drug-likeness (QED) is 0.681. The molecule has 0 aliphatic rings. The molecule has 0 N–H and O–H groups in total. The summed E-state index contributed by atoms with van der Waals surface area (Å²) >= 11 is 0. The minimum atomic E-state index is -4.93. The molecule has 0 bridgehead atoms. The summed E-state index contributed by atoms with van der Waals surface area (Å²) in [6.45, 7) is 1.45. The van der Waals surface area contributed by atoms with Crippen LogP contribution in [0.3, 0.4) is 0 Å². The number of halogens is 3. The molecule has 0 atom stereocenters. The van der Waals surface area contributed by atoms with Crippen molar-refractivity contribution in [1.29, 1.82) is 0 Å². The number of benzene rings is 1. The number of ketones is 1. The molecule has 0 saturated carbocycles. The summed E-state index contributed by atoms with van der Waals surface area (Å²) in [5.74, 6) is -1.65. The fraction of sp³-hybridized carbons (Fsp3) is 0.133. The maximum absolute atomic E-state index is 12.9. The van der Waals surface area contributed by atoms with Crippen LogP contribution in [0.15, 0.2) is 42.7 Å². The topological polar surface area (TPSA) is 47.8 Å². The molecular formula is C15H10F3N3O. The number of Topliss-reactive ketones (excluding diaryl/α,β-unsaturated/α-hetero) is 1. The number of carbonyl (C=O) groups excluding carboxylic acids is 1. The zero-order valence-electron chi connectivity index (χ0n) is 11.4. The number of hydrogen-bond donors (Lipinski definition) is 0. The molecule has 0 unspecified atom stereocenters. The van der Waals surface area contributed by atoms with Gasteiger partial charge in [-0.05, 0) is 19.1 Å². The number of aromatic nitrogens is 3. The minimum absolute atomic E-state index is 0.162. The SMILES string of the molecule is Cc1c(C(=O)C(F)(F)F)c2ccccc2n1-c1ncccn1. The molecular weight excluding hydrogens is 295 g/mol. The first-order chi connectivity index (χ1) is 10.4. The highest BCUT2D eigenvalue weighted by molar-refractivity contribution is 6.12. The van der Waals surface area contributed by atoms with E-state index in [1.807, 2.05) is 0 Å². The highest BCUT2D eigenvalue weighted by atomic mass is 19.4. The number of fused-ring (bicyclic) bond motifs is 1. The van der Waals surface area contributed by atoms with E-state index in [1.165, 1.54) is 30.0 Å². The number of carbonyl (C=O) groups is 1.